The molecule has 2 aliphatic rings. The summed E-state index contributed by atoms with van der Waals surface area (Å²) < 4.78 is 23.5. The van der Waals surface area contributed by atoms with E-state index in [0.717, 1.165) is 16.3 Å². The summed E-state index contributed by atoms with van der Waals surface area (Å²) in [6.45, 7) is 5.52. The van der Waals surface area contributed by atoms with Gasteiger partial charge in [-0.1, -0.05) is 36.4 Å². The quantitative estimate of drug-likeness (QED) is 0.816. The molecule has 0 spiro atoms. The monoisotopic (exact) mass is 401 g/mol. The van der Waals surface area contributed by atoms with Gasteiger partial charge in [-0.15, -0.1) is 0 Å². The van der Waals surface area contributed by atoms with Crippen LogP contribution in [-0.2, 0) is 30.3 Å². The third kappa shape index (κ3) is 4.44. The van der Waals surface area contributed by atoms with Gasteiger partial charge in [-0.3, -0.25) is 4.79 Å². The van der Waals surface area contributed by atoms with E-state index >= 15 is 0 Å². The number of hydrogen-bond acceptors (Lipinski definition) is 6. The molecule has 0 radical (unpaired) electrons. The third-order valence-corrected chi connectivity index (χ3v) is 5.29. The van der Waals surface area contributed by atoms with Crippen molar-refractivity contribution >= 4 is 16.7 Å². The second-order valence-corrected chi connectivity index (χ2v) is 8.05. The fourth-order valence-corrected chi connectivity index (χ4v) is 3.88. The molecule has 0 aliphatic carbocycles. The van der Waals surface area contributed by atoms with E-state index in [1.807, 2.05) is 30.3 Å². The molecule has 0 aromatic heterocycles. The van der Waals surface area contributed by atoms with Crippen LogP contribution in [0.4, 0.5) is 0 Å². The number of benzene rings is 2. The molecule has 1 amide bonds. The van der Waals surface area contributed by atoms with E-state index in [2.05, 4.69) is 17.4 Å². The number of aliphatic hydroxyl groups is 1. The lowest BCUT2D eigenvalue weighted by atomic mass is 9.95. The summed E-state index contributed by atoms with van der Waals surface area (Å²) in [4.78, 5) is 11.7. The molecule has 0 bridgehead atoms. The highest BCUT2D eigenvalue weighted by Gasteiger charge is 2.51. The Morgan fingerprint density at radius 1 is 1.24 bits per heavy atom. The maximum Gasteiger partial charge on any atom is 0.217 e. The van der Waals surface area contributed by atoms with Crippen LogP contribution in [0, 0.1) is 0 Å². The molecule has 2 saturated heterocycles. The first kappa shape index (κ1) is 20.3. The van der Waals surface area contributed by atoms with Crippen molar-refractivity contribution in [1.82, 2.24) is 5.32 Å². The Morgan fingerprint density at radius 3 is 2.76 bits per heavy atom. The minimum Gasteiger partial charge on any atom is -0.388 e. The van der Waals surface area contributed by atoms with E-state index in [1.54, 1.807) is 13.8 Å². The van der Waals surface area contributed by atoms with Gasteiger partial charge in [0.25, 0.3) is 0 Å². The summed E-state index contributed by atoms with van der Waals surface area (Å²) in [5.74, 6) is -1.10. The molecule has 0 unspecified atom stereocenters. The summed E-state index contributed by atoms with van der Waals surface area (Å²) in [6, 6.07) is 13.4. The number of carbonyl (C=O) groups is 1. The molecule has 7 nitrogen and oxygen atoms in total. The minimum absolute atomic E-state index is 0.275. The van der Waals surface area contributed by atoms with Crippen molar-refractivity contribution in [3.8, 4) is 0 Å². The maximum absolute atomic E-state index is 11.7. The second-order valence-electron chi connectivity index (χ2n) is 8.05. The molecule has 4 rings (SSSR count). The predicted molar refractivity (Wildman–Crippen MR) is 106 cm³/mol. The minimum atomic E-state index is -0.984. The molecule has 5 atom stereocenters. The van der Waals surface area contributed by atoms with Gasteiger partial charge >= 0.3 is 0 Å². The molecular weight excluding hydrogens is 374 g/mol. The van der Waals surface area contributed by atoms with Gasteiger partial charge in [-0.2, -0.15) is 0 Å². The Hall–Kier alpha value is -2.03. The van der Waals surface area contributed by atoms with Crippen molar-refractivity contribution in [2.75, 3.05) is 6.61 Å². The summed E-state index contributed by atoms with van der Waals surface area (Å²) in [6.07, 6.45) is -2.90. The van der Waals surface area contributed by atoms with Gasteiger partial charge in [0, 0.05) is 6.92 Å². The van der Waals surface area contributed by atoms with Crippen LogP contribution in [-0.4, -0.2) is 54.1 Å². The average molecular weight is 401 g/mol. The molecule has 2 N–H and O–H groups in total. The van der Waals surface area contributed by atoms with E-state index < -0.39 is 36.4 Å². The lowest BCUT2D eigenvalue weighted by molar-refractivity contribution is -0.369. The van der Waals surface area contributed by atoms with Crippen LogP contribution in [0.2, 0.25) is 0 Å². The fourth-order valence-electron chi connectivity index (χ4n) is 3.88. The largest absolute Gasteiger partial charge is 0.388 e. The first-order chi connectivity index (χ1) is 13.8. The highest BCUT2D eigenvalue weighted by Crippen LogP contribution is 2.33. The van der Waals surface area contributed by atoms with Crippen molar-refractivity contribution < 1.29 is 28.8 Å². The van der Waals surface area contributed by atoms with Gasteiger partial charge in [0.05, 0.1) is 13.2 Å². The highest BCUT2D eigenvalue weighted by atomic mass is 16.8. The molecular formula is C22H27NO6. The van der Waals surface area contributed by atoms with Crippen molar-refractivity contribution in [3.63, 3.8) is 0 Å². The lowest BCUT2D eigenvalue weighted by Gasteiger charge is -2.49. The predicted octanol–water partition coefficient (Wildman–Crippen LogP) is 2.10. The second kappa shape index (κ2) is 8.01. The maximum atomic E-state index is 11.7. The van der Waals surface area contributed by atoms with Gasteiger partial charge in [-0.05, 0) is 36.2 Å². The molecule has 29 heavy (non-hydrogen) atoms. The van der Waals surface area contributed by atoms with Crippen LogP contribution in [0.1, 0.15) is 26.3 Å². The summed E-state index contributed by atoms with van der Waals surface area (Å²) in [5.41, 5.74) is 0.975. The van der Waals surface area contributed by atoms with Crippen LogP contribution in [0.3, 0.4) is 0 Å². The van der Waals surface area contributed by atoms with E-state index in [4.69, 9.17) is 18.9 Å². The summed E-state index contributed by atoms with van der Waals surface area (Å²) in [5, 5.41) is 15.9. The van der Waals surface area contributed by atoms with E-state index in [1.165, 1.54) is 6.92 Å². The molecule has 7 heteroatoms. The Labute approximate surface area is 169 Å². The number of rotatable bonds is 4. The Morgan fingerprint density at radius 2 is 2.00 bits per heavy atom. The number of hydrogen-bond donors (Lipinski definition) is 2. The molecule has 156 valence electrons. The van der Waals surface area contributed by atoms with E-state index in [-0.39, 0.29) is 19.1 Å². The number of carbonyl (C=O) groups excluding carboxylic acids is 1. The third-order valence-electron chi connectivity index (χ3n) is 5.29. The molecule has 2 heterocycles. The SMILES string of the molecule is CC(=O)N[C@@H]1[C@@H](OCc2ccc3ccccc3c2)O[C@@H]2COC(C)(C)O[C@@H]2[C@@H]1O. The zero-order valence-electron chi connectivity index (χ0n) is 16.8. The smallest absolute Gasteiger partial charge is 0.217 e. The van der Waals surface area contributed by atoms with E-state index in [9.17, 15) is 9.90 Å². The van der Waals surface area contributed by atoms with Gasteiger partial charge in [0.15, 0.2) is 12.1 Å². The van der Waals surface area contributed by atoms with Gasteiger partial charge in [-0.25, -0.2) is 0 Å². The average Bonchev–Trinajstić information content (AvgIpc) is 2.68. The van der Waals surface area contributed by atoms with E-state index in [0.29, 0.717) is 0 Å². The van der Waals surface area contributed by atoms with Crippen LogP contribution in [0.25, 0.3) is 10.8 Å². The number of aliphatic hydroxyl groups excluding tert-OH is 1. The van der Waals surface area contributed by atoms with Crippen LogP contribution >= 0.6 is 0 Å². The zero-order valence-corrected chi connectivity index (χ0v) is 16.8. The highest BCUT2D eigenvalue weighted by molar-refractivity contribution is 5.82. The molecule has 2 aliphatic heterocycles. The lowest BCUT2D eigenvalue weighted by Crippen LogP contribution is -2.68. The Bertz CT molecular complexity index is 884. The normalized spacial score (nSPS) is 31.2. The van der Waals surface area contributed by atoms with Crippen LogP contribution in [0.5, 0.6) is 0 Å². The van der Waals surface area contributed by atoms with Crippen molar-refractivity contribution in [2.24, 2.45) is 0 Å². The van der Waals surface area contributed by atoms with Gasteiger partial charge < -0.3 is 29.4 Å². The van der Waals surface area contributed by atoms with Gasteiger partial charge in [0.2, 0.25) is 5.91 Å². The Balaban J connectivity index is 1.50. The first-order valence-corrected chi connectivity index (χ1v) is 9.84. The topological polar surface area (TPSA) is 86.3 Å². The number of amides is 1. The number of nitrogens with one attached hydrogen (secondary N) is 1. The Kier molecular flexibility index (Phi) is 5.59. The summed E-state index contributed by atoms with van der Waals surface area (Å²) >= 11 is 0. The van der Waals surface area contributed by atoms with Crippen LogP contribution < -0.4 is 5.32 Å². The van der Waals surface area contributed by atoms with Crippen LogP contribution in [0.15, 0.2) is 42.5 Å². The van der Waals surface area contributed by atoms with Crippen molar-refractivity contribution in [2.45, 2.75) is 63.8 Å². The van der Waals surface area contributed by atoms with Gasteiger partial charge in [0.1, 0.15) is 24.4 Å². The van der Waals surface area contributed by atoms with Crippen molar-refractivity contribution in [1.29, 1.82) is 0 Å². The fraction of sp³-hybridized carbons (Fsp3) is 0.500. The standard InChI is InChI=1S/C22H27NO6/c1-13(24)23-18-19(25)20-17(12-27-22(2,3)29-20)28-21(18)26-11-14-8-9-15-6-4-5-7-16(15)10-14/h4-10,17-21,25H,11-12H2,1-3H3,(H,23,24)/t17-,18+,19-,20+,21+/m1/s1. The molecule has 2 fully saturated rings. The molecule has 0 saturated carbocycles. The number of fused-ring (bicyclic) bond motifs is 2. The molecule has 2 aromatic rings. The molecule has 2 aromatic carbocycles. The van der Waals surface area contributed by atoms with Crippen molar-refractivity contribution in [3.05, 3.63) is 48.0 Å². The number of ether oxygens (including phenoxy) is 4. The summed E-state index contributed by atoms with van der Waals surface area (Å²) in [7, 11) is 0. The zero-order chi connectivity index (χ0) is 20.6. The first-order valence-electron chi connectivity index (χ1n) is 9.84.